The van der Waals surface area contributed by atoms with Crippen molar-refractivity contribution in [2.75, 3.05) is 6.61 Å². The van der Waals surface area contributed by atoms with E-state index in [1.165, 1.54) is 0 Å². The summed E-state index contributed by atoms with van der Waals surface area (Å²) in [5.41, 5.74) is 5.47. The molecule has 0 amide bonds. The van der Waals surface area contributed by atoms with Gasteiger partial charge in [0.05, 0.1) is 33.9 Å². The smallest absolute Gasteiger partial charge is 0.151 e. The molecule has 0 N–H and O–H groups in total. The van der Waals surface area contributed by atoms with E-state index in [4.69, 9.17) is 26.4 Å². The van der Waals surface area contributed by atoms with Crippen molar-refractivity contribution in [3.8, 4) is 28.8 Å². The van der Waals surface area contributed by atoms with Crippen LogP contribution in [0.25, 0.3) is 39.6 Å². The summed E-state index contributed by atoms with van der Waals surface area (Å²) in [6.07, 6.45) is 5.77. The Kier molecular flexibility index (Phi) is 7.07. The number of halogens is 1. The molecular weight excluding hydrogens is 482 g/mol. The standard InChI is InChI=1S/C30H26ClN5O/c1-3-4-16-37-28-15-14-21(18-25(28)31)29-23(20-36(34-29)24-10-6-5-7-11-24)17-22(19-32)30-33-26-12-8-9-13-27(26)35(30)2/h5-15,17-18,20H,3-4,16H2,1-2H3. The van der Waals surface area contributed by atoms with Gasteiger partial charge in [-0.2, -0.15) is 10.4 Å². The zero-order chi connectivity index (χ0) is 25.8. The summed E-state index contributed by atoms with van der Waals surface area (Å²) in [6.45, 7) is 2.74. The average molecular weight is 508 g/mol. The van der Waals surface area contributed by atoms with Crippen LogP contribution in [0.1, 0.15) is 31.2 Å². The van der Waals surface area contributed by atoms with Crippen LogP contribution in [0.3, 0.4) is 0 Å². The van der Waals surface area contributed by atoms with Gasteiger partial charge < -0.3 is 9.30 Å². The highest BCUT2D eigenvalue weighted by atomic mass is 35.5. The molecule has 3 aromatic carbocycles. The number of benzene rings is 3. The molecular formula is C30H26ClN5O. The molecule has 0 unspecified atom stereocenters. The number of aryl methyl sites for hydroxylation is 1. The van der Waals surface area contributed by atoms with Gasteiger partial charge in [0.25, 0.3) is 0 Å². The Balaban J connectivity index is 1.62. The molecule has 7 heteroatoms. The number of hydrogen-bond donors (Lipinski definition) is 0. The predicted octanol–water partition coefficient (Wildman–Crippen LogP) is 7.32. The number of allylic oxidation sites excluding steroid dienone is 1. The molecule has 0 bridgehead atoms. The highest BCUT2D eigenvalue weighted by Crippen LogP contribution is 2.33. The molecule has 0 aliphatic rings. The topological polar surface area (TPSA) is 68.7 Å². The fourth-order valence-corrected chi connectivity index (χ4v) is 4.45. The lowest BCUT2D eigenvalue weighted by Crippen LogP contribution is -1.97. The number of rotatable bonds is 8. The number of unbranched alkanes of at least 4 members (excludes halogenated alkanes) is 1. The summed E-state index contributed by atoms with van der Waals surface area (Å²) in [4.78, 5) is 4.72. The van der Waals surface area contributed by atoms with Crippen LogP contribution in [0.5, 0.6) is 5.75 Å². The van der Waals surface area contributed by atoms with Gasteiger partial charge in [-0.05, 0) is 55.0 Å². The number of para-hydroxylation sites is 3. The van der Waals surface area contributed by atoms with E-state index in [0.29, 0.717) is 34.5 Å². The first kappa shape index (κ1) is 24.4. The zero-order valence-electron chi connectivity index (χ0n) is 20.7. The second-order valence-corrected chi connectivity index (χ2v) is 9.12. The van der Waals surface area contributed by atoms with Crippen molar-refractivity contribution in [1.82, 2.24) is 19.3 Å². The molecule has 0 fully saturated rings. The third-order valence-corrected chi connectivity index (χ3v) is 6.47. The number of fused-ring (bicyclic) bond motifs is 1. The van der Waals surface area contributed by atoms with Gasteiger partial charge in [0.2, 0.25) is 0 Å². The zero-order valence-corrected chi connectivity index (χ0v) is 21.5. The van der Waals surface area contributed by atoms with Crippen LogP contribution in [0.2, 0.25) is 5.02 Å². The Labute approximate surface area is 221 Å². The number of nitriles is 1. The number of aromatic nitrogens is 4. The van der Waals surface area contributed by atoms with E-state index >= 15 is 0 Å². The second-order valence-electron chi connectivity index (χ2n) is 8.71. The lowest BCUT2D eigenvalue weighted by atomic mass is 10.1. The van der Waals surface area contributed by atoms with E-state index in [-0.39, 0.29) is 0 Å². The maximum atomic E-state index is 10.1. The lowest BCUT2D eigenvalue weighted by molar-refractivity contribution is 0.309. The molecule has 0 saturated carbocycles. The molecule has 2 aromatic heterocycles. The third-order valence-electron chi connectivity index (χ3n) is 6.17. The van der Waals surface area contributed by atoms with Gasteiger partial charge in [0.1, 0.15) is 17.5 Å². The summed E-state index contributed by atoms with van der Waals surface area (Å²) in [6, 6.07) is 25.7. The van der Waals surface area contributed by atoms with Crippen LogP contribution in [-0.2, 0) is 7.05 Å². The highest BCUT2D eigenvalue weighted by Gasteiger charge is 2.17. The second kappa shape index (κ2) is 10.7. The Morgan fingerprint density at radius 3 is 2.59 bits per heavy atom. The average Bonchev–Trinajstić information content (AvgIpc) is 3.50. The Morgan fingerprint density at radius 2 is 1.86 bits per heavy atom. The molecule has 184 valence electrons. The van der Waals surface area contributed by atoms with Crippen LogP contribution in [0.15, 0.2) is 79.0 Å². The van der Waals surface area contributed by atoms with Crippen molar-refractivity contribution in [2.45, 2.75) is 19.8 Å². The molecule has 5 aromatic rings. The molecule has 0 aliphatic heterocycles. The first-order valence-electron chi connectivity index (χ1n) is 12.2. The third kappa shape index (κ3) is 5.00. The molecule has 0 radical (unpaired) electrons. The van der Waals surface area contributed by atoms with Crippen LogP contribution < -0.4 is 4.74 Å². The summed E-state index contributed by atoms with van der Waals surface area (Å²) in [7, 11) is 1.92. The molecule has 6 nitrogen and oxygen atoms in total. The van der Waals surface area contributed by atoms with E-state index in [1.807, 2.05) is 101 Å². The van der Waals surface area contributed by atoms with Crippen LogP contribution in [0, 0.1) is 11.3 Å². The van der Waals surface area contributed by atoms with Gasteiger partial charge in [0.15, 0.2) is 5.82 Å². The van der Waals surface area contributed by atoms with Gasteiger partial charge >= 0.3 is 0 Å². The molecule has 0 atom stereocenters. The van der Waals surface area contributed by atoms with Crippen molar-refractivity contribution in [3.63, 3.8) is 0 Å². The van der Waals surface area contributed by atoms with Gasteiger partial charge in [-0.25, -0.2) is 9.67 Å². The largest absolute Gasteiger partial charge is 0.492 e. The minimum atomic E-state index is 0.443. The van der Waals surface area contributed by atoms with Gasteiger partial charge in [0, 0.05) is 24.4 Å². The fourth-order valence-electron chi connectivity index (χ4n) is 4.21. The molecule has 0 aliphatic carbocycles. The SMILES string of the molecule is CCCCOc1ccc(-c2nn(-c3ccccc3)cc2C=C(C#N)c2nc3ccccc3n2C)cc1Cl. The fraction of sp³-hybridized carbons (Fsp3) is 0.167. The Hall–Kier alpha value is -4.34. The minimum Gasteiger partial charge on any atom is -0.492 e. The van der Waals surface area contributed by atoms with E-state index in [0.717, 1.165) is 40.7 Å². The summed E-state index contributed by atoms with van der Waals surface area (Å²) in [5.74, 6) is 1.25. The van der Waals surface area contributed by atoms with E-state index in [1.54, 1.807) is 0 Å². The Bertz CT molecular complexity index is 1630. The number of imidazole rings is 1. The molecule has 37 heavy (non-hydrogen) atoms. The van der Waals surface area contributed by atoms with E-state index < -0.39 is 0 Å². The number of nitrogens with zero attached hydrogens (tertiary/aromatic N) is 5. The van der Waals surface area contributed by atoms with E-state index in [2.05, 4.69) is 13.0 Å². The lowest BCUT2D eigenvalue weighted by Gasteiger charge is -2.09. The normalized spacial score (nSPS) is 11.6. The van der Waals surface area contributed by atoms with E-state index in [9.17, 15) is 5.26 Å². The van der Waals surface area contributed by atoms with Crippen LogP contribution >= 0.6 is 11.6 Å². The van der Waals surface area contributed by atoms with Crippen molar-refractivity contribution in [2.24, 2.45) is 7.05 Å². The van der Waals surface area contributed by atoms with Gasteiger partial charge in [-0.1, -0.05) is 55.3 Å². The molecule has 0 spiro atoms. The number of hydrogen-bond acceptors (Lipinski definition) is 4. The number of ether oxygens (including phenoxy) is 1. The summed E-state index contributed by atoms with van der Waals surface area (Å²) >= 11 is 6.59. The predicted molar refractivity (Wildman–Crippen MR) is 149 cm³/mol. The maximum Gasteiger partial charge on any atom is 0.151 e. The monoisotopic (exact) mass is 507 g/mol. The minimum absolute atomic E-state index is 0.443. The summed E-state index contributed by atoms with van der Waals surface area (Å²) < 4.78 is 9.58. The van der Waals surface area contributed by atoms with Crippen LogP contribution in [0.4, 0.5) is 0 Å². The molecule has 0 saturated heterocycles. The van der Waals surface area contributed by atoms with Crippen molar-refractivity contribution in [3.05, 3.63) is 95.4 Å². The quantitative estimate of drug-likeness (QED) is 0.163. The van der Waals surface area contributed by atoms with Gasteiger partial charge in [-0.15, -0.1) is 0 Å². The molecule has 2 heterocycles. The molecule has 5 rings (SSSR count). The van der Waals surface area contributed by atoms with Crippen molar-refractivity contribution >= 4 is 34.3 Å². The first-order valence-corrected chi connectivity index (χ1v) is 12.6. The first-order chi connectivity index (χ1) is 18.1. The van der Waals surface area contributed by atoms with Crippen LogP contribution in [-0.4, -0.2) is 25.9 Å². The highest BCUT2D eigenvalue weighted by molar-refractivity contribution is 6.32. The Morgan fingerprint density at radius 1 is 1.08 bits per heavy atom. The van der Waals surface area contributed by atoms with Crippen molar-refractivity contribution in [1.29, 1.82) is 5.26 Å². The maximum absolute atomic E-state index is 10.1. The summed E-state index contributed by atoms with van der Waals surface area (Å²) in [5, 5.41) is 15.5. The van der Waals surface area contributed by atoms with Gasteiger partial charge in [-0.3, -0.25) is 0 Å². The van der Waals surface area contributed by atoms with Crippen molar-refractivity contribution < 1.29 is 4.74 Å².